The fourth-order valence-corrected chi connectivity index (χ4v) is 5.03. The summed E-state index contributed by atoms with van der Waals surface area (Å²) in [5.41, 5.74) is 2.33. The van der Waals surface area contributed by atoms with Crippen LogP contribution in [0.3, 0.4) is 0 Å². The van der Waals surface area contributed by atoms with Gasteiger partial charge in [0.1, 0.15) is 0 Å². The van der Waals surface area contributed by atoms with Crippen molar-refractivity contribution in [3.05, 3.63) is 65.7 Å². The smallest absolute Gasteiger partial charge is 0.243 e. The molecule has 0 unspecified atom stereocenters. The van der Waals surface area contributed by atoms with Gasteiger partial charge in [-0.3, -0.25) is 4.79 Å². The van der Waals surface area contributed by atoms with Crippen LogP contribution in [0.25, 0.3) is 0 Å². The Bertz CT molecular complexity index is 924. The summed E-state index contributed by atoms with van der Waals surface area (Å²) in [7, 11) is -1.64. The Labute approximate surface area is 185 Å². The summed E-state index contributed by atoms with van der Waals surface area (Å²) < 4.78 is 32.1. The highest BCUT2D eigenvalue weighted by Crippen LogP contribution is 2.18. The Hall–Kier alpha value is -2.22. The van der Waals surface area contributed by atoms with Crippen molar-refractivity contribution in [2.45, 2.75) is 37.0 Å². The van der Waals surface area contributed by atoms with E-state index in [0.717, 1.165) is 24.8 Å². The number of hydrogen-bond donors (Lipinski definition) is 0. The van der Waals surface area contributed by atoms with Crippen molar-refractivity contribution in [1.82, 2.24) is 9.21 Å². The van der Waals surface area contributed by atoms with Crippen LogP contribution in [0.1, 0.15) is 30.4 Å². The van der Waals surface area contributed by atoms with Crippen LogP contribution in [0.15, 0.2) is 59.5 Å². The molecule has 2 aromatic carbocycles. The maximum absolute atomic E-state index is 12.7. The average molecular weight is 445 g/mol. The van der Waals surface area contributed by atoms with E-state index >= 15 is 0 Å². The van der Waals surface area contributed by atoms with Crippen molar-refractivity contribution < 1.29 is 17.9 Å². The molecule has 1 amide bonds. The van der Waals surface area contributed by atoms with E-state index in [1.165, 1.54) is 9.87 Å². The minimum atomic E-state index is -3.47. The minimum absolute atomic E-state index is 0.152. The van der Waals surface area contributed by atoms with Gasteiger partial charge in [0.15, 0.2) is 0 Å². The standard InChI is InChI=1S/C24H32N2O4S/c1-25(24(27)10-6-5-9-21-7-3-2-4-8-21)16-15-22-11-13-23(14-12-22)31(28,29)26-17-19-30-20-18-26/h2-4,7-8,11-14H,5-6,9-10,15-20H2,1H3. The SMILES string of the molecule is CN(CCc1ccc(S(=O)(=O)N2CCOCC2)cc1)C(=O)CCCCc1ccccc1. The van der Waals surface area contributed by atoms with Gasteiger partial charge in [-0.05, 0) is 48.9 Å². The van der Waals surface area contributed by atoms with Gasteiger partial charge in [-0.1, -0.05) is 42.5 Å². The predicted octanol–water partition coefficient (Wildman–Crippen LogP) is 3.12. The van der Waals surface area contributed by atoms with E-state index < -0.39 is 10.0 Å². The second kappa shape index (κ2) is 11.4. The van der Waals surface area contributed by atoms with Crippen molar-refractivity contribution in [3.63, 3.8) is 0 Å². The van der Waals surface area contributed by atoms with Crippen LogP contribution in [0, 0.1) is 0 Å². The molecular formula is C24H32N2O4S. The Morgan fingerprint density at radius 1 is 0.935 bits per heavy atom. The lowest BCUT2D eigenvalue weighted by Crippen LogP contribution is -2.40. The highest BCUT2D eigenvalue weighted by molar-refractivity contribution is 7.89. The molecule has 0 atom stereocenters. The van der Waals surface area contributed by atoms with E-state index in [2.05, 4.69) is 12.1 Å². The molecule has 1 heterocycles. The Balaban J connectivity index is 1.41. The van der Waals surface area contributed by atoms with Gasteiger partial charge >= 0.3 is 0 Å². The molecule has 7 heteroatoms. The largest absolute Gasteiger partial charge is 0.379 e. The van der Waals surface area contributed by atoms with Gasteiger partial charge in [0.25, 0.3) is 0 Å². The fourth-order valence-electron chi connectivity index (χ4n) is 3.63. The van der Waals surface area contributed by atoms with Gasteiger partial charge in [-0.25, -0.2) is 8.42 Å². The zero-order chi connectivity index (χ0) is 22.1. The Morgan fingerprint density at radius 3 is 2.26 bits per heavy atom. The van der Waals surface area contributed by atoms with Crippen molar-refractivity contribution in [3.8, 4) is 0 Å². The van der Waals surface area contributed by atoms with Crippen molar-refractivity contribution in [2.24, 2.45) is 0 Å². The summed E-state index contributed by atoms with van der Waals surface area (Å²) in [5.74, 6) is 0.152. The summed E-state index contributed by atoms with van der Waals surface area (Å²) in [6.07, 6.45) is 4.14. The molecule has 168 valence electrons. The molecule has 0 bridgehead atoms. The Kier molecular flexibility index (Phi) is 8.63. The average Bonchev–Trinajstić information content (AvgIpc) is 2.81. The van der Waals surface area contributed by atoms with Crippen LogP contribution < -0.4 is 0 Å². The predicted molar refractivity (Wildman–Crippen MR) is 121 cm³/mol. The summed E-state index contributed by atoms with van der Waals surface area (Å²) >= 11 is 0. The number of nitrogens with zero attached hydrogens (tertiary/aromatic N) is 2. The normalized spacial score (nSPS) is 15.0. The molecule has 31 heavy (non-hydrogen) atoms. The van der Waals surface area contributed by atoms with Gasteiger partial charge in [0.05, 0.1) is 18.1 Å². The first kappa shape index (κ1) is 23.4. The van der Waals surface area contributed by atoms with Crippen LogP contribution in [0.5, 0.6) is 0 Å². The molecule has 1 aliphatic rings. The Morgan fingerprint density at radius 2 is 1.58 bits per heavy atom. The number of hydrogen-bond acceptors (Lipinski definition) is 4. The zero-order valence-electron chi connectivity index (χ0n) is 18.2. The fraction of sp³-hybridized carbons (Fsp3) is 0.458. The number of carbonyl (C=O) groups excluding carboxylic acids is 1. The zero-order valence-corrected chi connectivity index (χ0v) is 19.0. The molecular weight excluding hydrogens is 412 g/mol. The highest BCUT2D eigenvalue weighted by atomic mass is 32.2. The summed E-state index contributed by atoms with van der Waals surface area (Å²) in [6, 6.07) is 17.3. The topological polar surface area (TPSA) is 66.9 Å². The molecule has 1 aliphatic heterocycles. The van der Waals surface area contributed by atoms with Crippen molar-refractivity contribution >= 4 is 15.9 Å². The number of benzene rings is 2. The van der Waals surface area contributed by atoms with Gasteiger partial charge < -0.3 is 9.64 Å². The van der Waals surface area contributed by atoms with Crippen LogP contribution in [0.4, 0.5) is 0 Å². The lowest BCUT2D eigenvalue weighted by molar-refractivity contribution is -0.130. The summed E-state index contributed by atoms with van der Waals surface area (Å²) in [4.78, 5) is 14.4. The second-order valence-corrected chi connectivity index (χ2v) is 9.86. The van der Waals surface area contributed by atoms with Crippen molar-refractivity contribution in [2.75, 3.05) is 39.9 Å². The number of likely N-dealkylation sites (N-methyl/N-ethyl adjacent to an activating group) is 1. The molecule has 0 spiro atoms. The highest BCUT2D eigenvalue weighted by Gasteiger charge is 2.26. The number of amides is 1. The van der Waals surface area contributed by atoms with E-state index in [4.69, 9.17) is 4.74 Å². The molecule has 0 aromatic heterocycles. The maximum atomic E-state index is 12.7. The molecule has 3 rings (SSSR count). The minimum Gasteiger partial charge on any atom is -0.379 e. The monoisotopic (exact) mass is 444 g/mol. The number of ether oxygens (including phenoxy) is 1. The number of aryl methyl sites for hydroxylation is 1. The van der Waals surface area contributed by atoms with Gasteiger partial charge in [-0.2, -0.15) is 4.31 Å². The van der Waals surface area contributed by atoms with Crippen LogP contribution >= 0.6 is 0 Å². The van der Waals surface area contributed by atoms with Crippen LogP contribution in [0.2, 0.25) is 0 Å². The first-order valence-electron chi connectivity index (χ1n) is 10.9. The quantitative estimate of drug-likeness (QED) is 0.528. The first-order chi connectivity index (χ1) is 15.0. The third-order valence-electron chi connectivity index (χ3n) is 5.64. The molecule has 0 aliphatic carbocycles. The third kappa shape index (κ3) is 6.89. The number of sulfonamides is 1. The van der Waals surface area contributed by atoms with E-state index in [1.54, 1.807) is 17.0 Å². The molecule has 0 saturated carbocycles. The van der Waals surface area contributed by atoms with E-state index in [-0.39, 0.29) is 5.91 Å². The molecule has 1 saturated heterocycles. The maximum Gasteiger partial charge on any atom is 0.243 e. The molecule has 0 N–H and O–H groups in total. The number of rotatable bonds is 10. The van der Waals surface area contributed by atoms with Gasteiger partial charge in [0, 0.05) is 33.1 Å². The second-order valence-electron chi connectivity index (χ2n) is 7.92. The number of morpholine rings is 1. The lowest BCUT2D eigenvalue weighted by atomic mass is 10.1. The van der Waals surface area contributed by atoms with Crippen molar-refractivity contribution in [1.29, 1.82) is 0 Å². The molecule has 2 aromatic rings. The molecule has 0 radical (unpaired) electrons. The lowest BCUT2D eigenvalue weighted by Gasteiger charge is -2.26. The molecule has 1 fully saturated rings. The van der Waals surface area contributed by atoms with Gasteiger partial charge in [-0.15, -0.1) is 0 Å². The van der Waals surface area contributed by atoms with Crippen LogP contribution in [-0.2, 0) is 32.4 Å². The summed E-state index contributed by atoms with van der Waals surface area (Å²) in [5, 5.41) is 0. The van der Waals surface area contributed by atoms with Crippen LogP contribution in [-0.4, -0.2) is 63.4 Å². The summed E-state index contributed by atoms with van der Waals surface area (Å²) in [6.45, 7) is 2.27. The first-order valence-corrected chi connectivity index (χ1v) is 12.4. The molecule has 6 nitrogen and oxygen atoms in total. The van der Waals surface area contributed by atoms with E-state index in [9.17, 15) is 13.2 Å². The van der Waals surface area contributed by atoms with Gasteiger partial charge in [0.2, 0.25) is 15.9 Å². The number of unbranched alkanes of at least 4 members (excludes halogenated alkanes) is 1. The van der Waals surface area contributed by atoms with E-state index in [1.807, 2.05) is 37.4 Å². The number of carbonyl (C=O) groups is 1. The third-order valence-corrected chi connectivity index (χ3v) is 7.55. The van der Waals surface area contributed by atoms with E-state index in [0.29, 0.717) is 50.6 Å².